The van der Waals surface area contributed by atoms with Crippen molar-refractivity contribution in [2.24, 2.45) is 0 Å². The van der Waals surface area contributed by atoms with Crippen LogP contribution < -0.4 is 0 Å². The third kappa shape index (κ3) is 4.40. The highest BCUT2D eigenvalue weighted by atomic mass is 32.2. The number of carboxylic acid groups (broad SMARTS) is 1. The molecule has 0 aromatic heterocycles. The van der Waals surface area contributed by atoms with E-state index in [1.807, 2.05) is 30.5 Å². The van der Waals surface area contributed by atoms with E-state index in [0.29, 0.717) is 5.25 Å². The second-order valence-electron chi connectivity index (χ2n) is 4.84. The summed E-state index contributed by atoms with van der Waals surface area (Å²) in [5.41, 5.74) is 0. The number of amides is 2. The zero-order chi connectivity index (χ0) is 13.7. The summed E-state index contributed by atoms with van der Waals surface area (Å²) in [5, 5.41) is 9.18. The number of rotatable bonds is 4. The number of urea groups is 1. The van der Waals surface area contributed by atoms with Gasteiger partial charge in [-0.05, 0) is 13.8 Å². The average Bonchev–Trinajstić information content (AvgIpc) is 2.28. The monoisotopic (exact) mass is 274 g/mol. The molecule has 0 radical (unpaired) electrons. The Morgan fingerprint density at radius 3 is 2.67 bits per heavy atom. The molecule has 5 nitrogen and oxygen atoms in total. The topological polar surface area (TPSA) is 60.9 Å². The van der Waals surface area contributed by atoms with Crippen molar-refractivity contribution in [1.82, 2.24) is 9.80 Å². The van der Waals surface area contributed by atoms with Gasteiger partial charge < -0.3 is 14.9 Å². The Kier molecular flexibility index (Phi) is 5.78. The largest absolute Gasteiger partial charge is 0.481 e. The lowest BCUT2D eigenvalue weighted by Gasteiger charge is -2.36. The van der Waals surface area contributed by atoms with Crippen molar-refractivity contribution in [3.05, 3.63) is 0 Å². The Bertz CT molecular complexity index is 310. The standard InChI is InChI=1S/C12H22N2O3S/c1-9(2)14(5-4-11(15)16)12(17)13-6-7-18-10(3)8-13/h9-10H,4-8H2,1-3H3,(H,15,16). The number of aliphatic carboxylic acids is 1. The lowest BCUT2D eigenvalue weighted by Crippen LogP contribution is -2.51. The van der Waals surface area contributed by atoms with Crippen LogP contribution in [0.4, 0.5) is 4.79 Å². The second-order valence-corrected chi connectivity index (χ2v) is 6.39. The number of carboxylic acids is 1. The molecule has 1 aliphatic heterocycles. The van der Waals surface area contributed by atoms with Crippen LogP contribution in [0.25, 0.3) is 0 Å². The van der Waals surface area contributed by atoms with Gasteiger partial charge >= 0.3 is 12.0 Å². The molecule has 0 aliphatic carbocycles. The van der Waals surface area contributed by atoms with Crippen molar-refractivity contribution in [3.8, 4) is 0 Å². The maximum atomic E-state index is 12.3. The van der Waals surface area contributed by atoms with Gasteiger partial charge in [-0.15, -0.1) is 0 Å². The van der Waals surface area contributed by atoms with Crippen LogP contribution in [-0.4, -0.2) is 63.6 Å². The number of carbonyl (C=O) groups is 2. The number of hydrogen-bond donors (Lipinski definition) is 1. The van der Waals surface area contributed by atoms with Gasteiger partial charge in [-0.3, -0.25) is 4.79 Å². The second kappa shape index (κ2) is 6.87. The average molecular weight is 274 g/mol. The third-order valence-corrected chi connectivity index (χ3v) is 4.08. The van der Waals surface area contributed by atoms with Gasteiger partial charge in [-0.2, -0.15) is 11.8 Å². The van der Waals surface area contributed by atoms with E-state index in [4.69, 9.17) is 5.11 Å². The molecular weight excluding hydrogens is 252 g/mol. The van der Waals surface area contributed by atoms with E-state index in [0.717, 1.165) is 18.8 Å². The van der Waals surface area contributed by atoms with E-state index in [1.165, 1.54) is 0 Å². The van der Waals surface area contributed by atoms with Gasteiger partial charge in [0.25, 0.3) is 0 Å². The lowest BCUT2D eigenvalue weighted by atomic mass is 10.3. The number of thioether (sulfide) groups is 1. The summed E-state index contributed by atoms with van der Waals surface area (Å²) in [6.07, 6.45) is 0.00205. The van der Waals surface area contributed by atoms with Crippen molar-refractivity contribution >= 4 is 23.8 Å². The minimum atomic E-state index is -0.865. The maximum absolute atomic E-state index is 12.3. The minimum absolute atomic E-state index is 0.00205. The minimum Gasteiger partial charge on any atom is -0.481 e. The highest BCUT2D eigenvalue weighted by Crippen LogP contribution is 2.19. The van der Waals surface area contributed by atoms with Crippen LogP contribution in [0.1, 0.15) is 27.2 Å². The van der Waals surface area contributed by atoms with Crippen molar-refractivity contribution in [3.63, 3.8) is 0 Å². The van der Waals surface area contributed by atoms with Crippen LogP contribution >= 0.6 is 11.8 Å². The number of nitrogens with zero attached hydrogens (tertiary/aromatic N) is 2. The van der Waals surface area contributed by atoms with E-state index in [1.54, 1.807) is 4.90 Å². The maximum Gasteiger partial charge on any atom is 0.320 e. The molecule has 1 fully saturated rings. The van der Waals surface area contributed by atoms with E-state index in [9.17, 15) is 9.59 Å². The molecule has 0 aromatic rings. The Labute approximate surface area is 113 Å². The molecule has 0 spiro atoms. The van der Waals surface area contributed by atoms with Gasteiger partial charge in [-0.25, -0.2) is 4.79 Å². The van der Waals surface area contributed by atoms with Crippen molar-refractivity contribution in [1.29, 1.82) is 0 Å². The molecule has 1 atom stereocenters. The molecule has 0 saturated carbocycles. The molecule has 1 heterocycles. The molecule has 2 amide bonds. The molecule has 1 rings (SSSR count). The Balaban J connectivity index is 2.60. The molecule has 0 aromatic carbocycles. The SMILES string of the molecule is CC1CN(C(=O)N(CCC(=O)O)C(C)C)CCS1. The predicted molar refractivity (Wildman–Crippen MR) is 73.0 cm³/mol. The van der Waals surface area contributed by atoms with E-state index in [2.05, 4.69) is 6.92 Å². The summed E-state index contributed by atoms with van der Waals surface area (Å²) in [6.45, 7) is 7.73. The first-order chi connectivity index (χ1) is 8.41. The first-order valence-electron chi connectivity index (χ1n) is 6.30. The quantitative estimate of drug-likeness (QED) is 0.848. The van der Waals surface area contributed by atoms with Crippen molar-refractivity contribution in [2.45, 2.75) is 38.5 Å². The number of hydrogen-bond acceptors (Lipinski definition) is 3. The van der Waals surface area contributed by atoms with Crippen LogP contribution in [0.2, 0.25) is 0 Å². The van der Waals surface area contributed by atoms with Crippen LogP contribution in [0.15, 0.2) is 0 Å². The fourth-order valence-corrected chi connectivity index (χ4v) is 2.98. The molecule has 1 aliphatic rings. The zero-order valence-electron chi connectivity index (χ0n) is 11.3. The first-order valence-corrected chi connectivity index (χ1v) is 7.35. The smallest absolute Gasteiger partial charge is 0.320 e. The summed E-state index contributed by atoms with van der Waals surface area (Å²) in [4.78, 5) is 26.5. The van der Waals surface area contributed by atoms with Crippen molar-refractivity contribution < 1.29 is 14.7 Å². The molecular formula is C12H22N2O3S. The van der Waals surface area contributed by atoms with Gasteiger partial charge in [0, 0.05) is 36.7 Å². The summed E-state index contributed by atoms with van der Waals surface area (Å²) in [6, 6.07) is 0.000126. The molecule has 1 saturated heterocycles. The molecule has 104 valence electrons. The van der Waals surface area contributed by atoms with Crippen molar-refractivity contribution in [2.75, 3.05) is 25.4 Å². The fraction of sp³-hybridized carbons (Fsp3) is 0.833. The molecule has 0 bridgehead atoms. The highest BCUT2D eigenvalue weighted by molar-refractivity contribution is 7.99. The normalized spacial score (nSPS) is 20.0. The van der Waals surface area contributed by atoms with Gasteiger partial charge in [0.2, 0.25) is 0 Å². The zero-order valence-corrected chi connectivity index (χ0v) is 12.1. The summed E-state index contributed by atoms with van der Waals surface area (Å²) in [7, 11) is 0. The van der Waals surface area contributed by atoms with E-state index in [-0.39, 0.29) is 25.0 Å². The van der Waals surface area contributed by atoms with Crippen LogP contribution in [0, 0.1) is 0 Å². The molecule has 1 unspecified atom stereocenters. The Hall–Kier alpha value is -0.910. The fourth-order valence-electron chi connectivity index (χ4n) is 1.96. The van der Waals surface area contributed by atoms with Gasteiger partial charge in [0.05, 0.1) is 6.42 Å². The van der Waals surface area contributed by atoms with Gasteiger partial charge in [0.1, 0.15) is 0 Å². The predicted octanol–water partition coefficient (Wildman–Crippen LogP) is 1.73. The van der Waals surface area contributed by atoms with E-state index < -0.39 is 5.97 Å². The molecule has 1 N–H and O–H groups in total. The van der Waals surface area contributed by atoms with Crippen LogP contribution in [-0.2, 0) is 4.79 Å². The van der Waals surface area contributed by atoms with E-state index >= 15 is 0 Å². The van der Waals surface area contributed by atoms with Gasteiger partial charge in [-0.1, -0.05) is 6.92 Å². The van der Waals surface area contributed by atoms with Crippen LogP contribution in [0.5, 0.6) is 0 Å². The van der Waals surface area contributed by atoms with Gasteiger partial charge in [0.15, 0.2) is 0 Å². The summed E-state index contributed by atoms with van der Waals surface area (Å²) < 4.78 is 0. The third-order valence-electron chi connectivity index (χ3n) is 2.95. The highest BCUT2D eigenvalue weighted by Gasteiger charge is 2.27. The number of carbonyl (C=O) groups excluding carboxylic acids is 1. The summed E-state index contributed by atoms with van der Waals surface area (Å²) >= 11 is 1.87. The lowest BCUT2D eigenvalue weighted by molar-refractivity contribution is -0.137. The summed E-state index contributed by atoms with van der Waals surface area (Å²) in [5.74, 6) is 0.0913. The first kappa shape index (κ1) is 15.1. The van der Waals surface area contributed by atoms with Crippen LogP contribution in [0.3, 0.4) is 0 Å². The Morgan fingerprint density at radius 1 is 1.50 bits per heavy atom. The molecule has 18 heavy (non-hydrogen) atoms. The molecule has 6 heteroatoms. The Morgan fingerprint density at radius 2 is 2.17 bits per heavy atom.